The second-order valence-electron chi connectivity index (χ2n) is 2.57. The van der Waals surface area contributed by atoms with Gasteiger partial charge in [0.15, 0.2) is 0 Å². The van der Waals surface area contributed by atoms with Gasteiger partial charge in [-0.3, -0.25) is 0 Å². The van der Waals surface area contributed by atoms with Crippen molar-refractivity contribution in [1.29, 1.82) is 0 Å². The Hall–Kier alpha value is -1.91. The first-order chi connectivity index (χ1) is 6.31. The van der Waals surface area contributed by atoms with Gasteiger partial charge in [0.2, 0.25) is 5.88 Å². The second kappa shape index (κ2) is 2.85. The highest BCUT2D eigenvalue weighted by Crippen LogP contribution is 2.11. The fourth-order valence-corrected chi connectivity index (χ4v) is 1.10. The number of fused-ring (bicyclic) bond motifs is 1. The first-order valence-electron chi connectivity index (χ1n) is 3.81. The molecule has 0 saturated carbocycles. The fourth-order valence-electron chi connectivity index (χ4n) is 1.10. The summed E-state index contributed by atoms with van der Waals surface area (Å²) in [5.74, 6) is 0.441. The maximum atomic E-state index is 9.45. The van der Waals surface area contributed by atoms with Crippen LogP contribution in [-0.4, -0.2) is 24.7 Å². The molecule has 0 bridgehead atoms. The third-order valence-corrected chi connectivity index (χ3v) is 1.64. The topological polar surface area (TPSA) is 63.3 Å². The van der Waals surface area contributed by atoms with E-state index in [2.05, 4.69) is 21.6 Å². The second-order valence-corrected chi connectivity index (χ2v) is 2.57. The smallest absolute Gasteiger partial charge is 0.255 e. The number of allylic oxidation sites excluding steroid dienone is 1. The van der Waals surface area contributed by atoms with E-state index in [0.29, 0.717) is 12.2 Å². The van der Waals surface area contributed by atoms with E-state index < -0.39 is 0 Å². The van der Waals surface area contributed by atoms with Crippen LogP contribution in [0.4, 0.5) is 0 Å². The van der Waals surface area contributed by atoms with Gasteiger partial charge in [-0.05, 0) is 0 Å². The summed E-state index contributed by atoms with van der Waals surface area (Å²) < 4.78 is 1.27. The molecule has 5 nitrogen and oxygen atoms in total. The van der Waals surface area contributed by atoms with E-state index in [9.17, 15) is 5.11 Å². The highest BCUT2D eigenvalue weighted by atomic mass is 16.3. The maximum Gasteiger partial charge on any atom is 0.255 e. The van der Waals surface area contributed by atoms with E-state index in [4.69, 9.17) is 0 Å². The number of aromatic nitrogens is 4. The van der Waals surface area contributed by atoms with E-state index in [1.807, 2.05) is 0 Å². The van der Waals surface area contributed by atoms with Crippen LogP contribution in [0, 0.1) is 0 Å². The molecule has 2 aromatic heterocycles. The summed E-state index contributed by atoms with van der Waals surface area (Å²) in [6.07, 6.45) is 3.67. The van der Waals surface area contributed by atoms with Crippen molar-refractivity contribution in [2.24, 2.45) is 0 Å². The summed E-state index contributed by atoms with van der Waals surface area (Å²) >= 11 is 0. The van der Waals surface area contributed by atoms with Gasteiger partial charge in [0.25, 0.3) is 5.78 Å². The van der Waals surface area contributed by atoms with Crippen LogP contribution in [0.3, 0.4) is 0 Å². The summed E-state index contributed by atoms with van der Waals surface area (Å²) in [5.41, 5.74) is 0.730. The van der Waals surface area contributed by atoms with Gasteiger partial charge in [-0.25, -0.2) is 4.98 Å². The van der Waals surface area contributed by atoms with Crippen molar-refractivity contribution in [3.05, 3.63) is 30.7 Å². The van der Waals surface area contributed by atoms with Gasteiger partial charge in [0.05, 0.1) is 5.69 Å². The van der Waals surface area contributed by atoms with Crippen LogP contribution in [0.5, 0.6) is 5.88 Å². The van der Waals surface area contributed by atoms with Crippen LogP contribution in [-0.2, 0) is 6.42 Å². The minimum absolute atomic E-state index is 0.0411. The average Bonchev–Trinajstić information content (AvgIpc) is 2.53. The minimum atomic E-state index is 0.0411. The average molecular weight is 176 g/mol. The molecular formula is C8H8N4O. The van der Waals surface area contributed by atoms with Gasteiger partial charge >= 0.3 is 0 Å². The van der Waals surface area contributed by atoms with Crippen molar-refractivity contribution in [2.75, 3.05) is 0 Å². The Bertz CT molecular complexity index is 448. The predicted octanol–water partition coefficient (Wildman–Crippen LogP) is 0.558. The van der Waals surface area contributed by atoms with Crippen LogP contribution >= 0.6 is 0 Å². The zero-order valence-corrected chi connectivity index (χ0v) is 6.88. The Balaban J connectivity index is 2.62. The van der Waals surface area contributed by atoms with Crippen LogP contribution in [0.1, 0.15) is 5.69 Å². The van der Waals surface area contributed by atoms with Crippen LogP contribution in [0.15, 0.2) is 25.0 Å². The third kappa shape index (κ3) is 1.24. The molecule has 2 heterocycles. The maximum absolute atomic E-state index is 9.45. The van der Waals surface area contributed by atoms with Crippen molar-refractivity contribution in [1.82, 2.24) is 19.6 Å². The molecule has 0 aliphatic rings. The first-order valence-corrected chi connectivity index (χ1v) is 3.81. The molecule has 2 rings (SSSR count). The molecule has 66 valence electrons. The molecule has 0 saturated heterocycles. The molecule has 0 aromatic carbocycles. The lowest BCUT2D eigenvalue weighted by Crippen LogP contribution is -1.96. The molecule has 0 atom stereocenters. The van der Waals surface area contributed by atoms with Crippen LogP contribution in [0.25, 0.3) is 5.78 Å². The van der Waals surface area contributed by atoms with E-state index >= 15 is 0 Å². The lowest BCUT2D eigenvalue weighted by Gasteiger charge is -1.98. The van der Waals surface area contributed by atoms with Gasteiger partial charge in [-0.15, -0.1) is 6.58 Å². The molecule has 0 aliphatic heterocycles. The normalized spacial score (nSPS) is 10.5. The zero-order valence-electron chi connectivity index (χ0n) is 6.88. The molecule has 1 N–H and O–H groups in total. The Kier molecular flexibility index (Phi) is 1.70. The van der Waals surface area contributed by atoms with Gasteiger partial charge in [-0.2, -0.15) is 14.6 Å². The number of hydrogen-bond acceptors (Lipinski definition) is 4. The van der Waals surface area contributed by atoms with E-state index in [-0.39, 0.29) is 5.88 Å². The first kappa shape index (κ1) is 7.72. The van der Waals surface area contributed by atoms with Crippen molar-refractivity contribution >= 4 is 5.78 Å². The minimum Gasteiger partial charge on any atom is -0.493 e. The Morgan fingerprint density at radius 3 is 3.23 bits per heavy atom. The molecule has 5 heteroatoms. The predicted molar refractivity (Wildman–Crippen MR) is 46.3 cm³/mol. The molecule has 2 aromatic rings. The number of hydrogen-bond donors (Lipinski definition) is 1. The summed E-state index contributed by atoms with van der Waals surface area (Å²) in [4.78, 5) is 8.01. The standard InChI is InChI=1S/C8H8N4O/c1-2-3-6-4-7(13)12-8(11-6)9-5-10-12/h2,4-5,13H,1,3H2. The highest BCUT2D eigenvalue weighted by molar-refractivity contribution is 5.32. The van der Waals surface area contributed by atoms with Crippen LogP contribution in [0.2, 0.25) is 0 Å². The fraction of sp³-hybridized carbons (Fsp3) is 0.125. The van der Waals surface area contributed by atoms with Crippen molar-refractivity contribution in [2.45, 2.75) is 6.42 Å². The molecule has 0 spiro atoms. The van der Waals surface area contributed by atoms with E-state index in [0.717, 1.165) is 5.69 Å². The molecule has 0 fully saturated rings. The quantitative estimate of drug-likeness (QED) is 0.679. The largest absolute Gasteiger partial charge is 0.493 e. The molecule has 0 unspecified atom stereocenters. The molecule has 0 radical (unpaired) electrons. The Morgan fingerprint density at radius 2 is 2.46 bits per heavy atom. The van der Waals surface area contributed by atoms with Gasteiger partial charge in [-0.1, -0.05) is 6.08 Å². The van der Waals surface area contributed by atoms with Crippen molar-refractivity contribution < 1.29 is 5.11 Å². The lowest BCUT2D eigenvalue weighted by molar-refractivity contribution is 0.434. The molecule has 13 heavy (non-hydrogen) atoms. The lowest BCUT2D eigenvalue weighted by atomic mass is 10.3. The summed E-state index contributed by atoms with van der Waals surface area (Å²) in [6.45, 7) is 3.59. The van der Waals surface area contributed by atoms with Gasteiger partial charge < -0.3 is 5.11 Å². The number of aromatic hydroxyl groups is 1. The summed E-state index contributed by atoms with van der Waals surface area (Å²) in [6, 6.07) is 1.54. The van der Waals surface area contributed by atoms with Crippen molar-refractivity contribution in [3.63, 3.8) is 0 Å². The summed E-state index contributed by atoms with van der Waals surface area (Å²) in [5, 5.41) is 13.2. The highest BCUT2D eigenvalue weighted by Gasteiger charge is 2.04. The van der Waals surface area contributed by atoms with Gasteiger partial charge in [0.1, 0.15) is 6.33 Å². The third-order valence-electron chi connectivity index (χ3n) is 1.64. The molecular weight excluding hydrogens is 168 g/mol. The van der Waals surface area contributed by atoms with Gasteiger partial charge in [0, 0.05) is 12.5 Å². The van der Waals surface area contributed by atoms with Crippen molar-refractivity contribution in [3.8, 4) is 5.88 Å². The molecule has 0 amide bonds. The number of nitrogens with zero attached hydrogens (tertiary/aromatic N) is 4. The van der Waals surface area contributed by atoms with Crippen LogP contribution < -0.4 is 0 Å². The zero-order chi connectivity index (χ0) is 9.26. The Labute approximate surface area is 74.4 Å². The SMILES string of the molecule is C=CCc1cc(O)n2ncnc2n1. The van der Waals surface area contributed by atoms with E-state index in [1.54, 1.807) is 12.1 Å². The monoisotopic (exact) mass is 176 g/mol. The summed E-state index contributed by atoms with van der Waals surface area (Å²) in [7, 11) is 0. The van der Waals surface area contributed by atoms with E-state index in [1.165, 1.54) is 10.8 Å². The number of rotatable bonds is 2. The molecule has 0 aliphatic carbocycles. The Morgan fingerprint density at radius 1 is 1.62 bits per heavy atom.